The zero-order valence-electron chi connectivity index (χ0n) is 15.2. The molecule has 0 aliphatic heterocycles. The van der Waals surface area contributed by atoms with E-state index >= 15 is 0 Å². The Bertz CT molecular complexity index is 853. The van der Waals surface area contributed by atoms with Crippen LogP contribution < -0.4 is 15.8 Å². The van der Waals surface area contributed by atoms with Crippen LogP contribution in [0.15, 0.2) is 34.2 Å². The number of quaternary nitrogens is 1. The van der Waals surface area contributed by atoms with Crippen LogP contribution in [0, 0.1) is 12.3 Å². The third kappa shape index (κ3) is 5.10. The Hall–Kier alpha value is -2.30. The molecule has 1 heterocycles. The second-order valence-electron chi connectivity index (χ2n) is 5.84. The Labute approximate surface area is 158 Å². The molecule has 0 aliphatic carbocycles. The summed E-state index contributed by atoms with van der Waals surface area (Å²) in [5.41, 5.74) is 0.587. The number of rotatable bonds is 9. The minimum atomic E-state index is -0.170. The fourth-order valence-electron chi connectivity index (χ4n) is 2.66. The van der Waals surface area contributed by atoms with Crippen molar-refractivity contribution in [1.82, 2.24) is 14.9 Å². The smallest absolute Gasteiger partial charge is 0.262 e. The number of nitrogens with zero attached hydrogens (tertiary/aromatic N) is 2. The molecule has 0 saturated heterocycles. The highest BCUT2D eigenvalue weighted by Gasteiger charge is 2.14. The molecular weight excluding hydrogens is 348 g/mol. The summed E-state index contributed by atoms with van der Waals surface area (Å²) in [7, 11) is 0. The zero-order valence-corrected chi connectivity index (χ0v) is 16.1. The lowest BCUT2D eigenvalue weighted by molar-refractivity contribution is -0.897. The molecule has 0 bridgehead atoms. The Morgan fingerprint density at radius 2 is 2.08 bits per heavy atom. The van der Waals surface area contributed by atoms with E-state index in [2.05, 4.69) is 30.1 Å². The van der Waals surface area contributed by atoms with E-state index in [0.29, 0.717) is 22.6 Å². The van der Waals surface area contributed by atoms with Crippen molar-refractivity contribution in [2.75, 3.05) is 31.9 Å². The highest BCUT2D eigenvalue weighted by molar-refractivity contribution is 7.99. The maximum absolute atomic E-state index is 12.9. The maximum atomic E-state index is 12.9. The average molecular weight is 374 g/mol. The summed E-state index contributed by atoms with van der Waals surface area (Å²) in [4.78, 5) is 30.8. The molecule has 1 aromatic heterocycles. The molecule has 2 aromatic rings. The first-order valence-corrected chi connectivity index (χ1v) is 9.75. The number of likely N-dealkylation sites (N-methyl/N-ethyl adjacent to an activating group) is 1. The molecule has 0 fully saturated rings. The molecule has 2 rings (SSSR count). The lowest BCUT2D eigenvalue weighted by Crippen LogP contribution is -3.11. The molecule has 1 amide bonds. The van der Waals surface area contributed by atoms with E-state index in [1.807, 2.05) is 18.2 Å². The molecule has 0 spiro atoms. The van der Waals surface area contributed by atoms with Crippen LogP contribution in [-0.4, -0.2) is 47.4 Å². The standard InChI is InChI=1S/C19H24N4O2S/c1-4-11-20-17(24)14-26-19-21-16-10-8-7-9-15(16)18(25)23(19)13-12-22(5-2)6-3/h1,7-10H,5-6,11-14H2,2-3H3,(H,20,24)/p+1. The van der Waals surface area contributed by atoms with Gasteiger partial charge in [-0.15, -0.1) is 6.42 Å². The summed E-state index contributed by atoms with van der Waals surface area (Å²) >= 11 is 1.26. The summed E-state index contributed by atoms with van der Waals surface area (Å²) < 4.78 is 1.69. The predicted octanol–water partition coefficient (Wildman–Crippen LogP) is 0.163. The van der Waals surface area contributed by atoms with Crippen LogP contribution in [-0.2, 0) is 11.3 Å². The molecule has 0 radical (unpaired) electrons. The molecule has 0 unspecified atom stereocenters. The van der Waals surface area contributed by atoms with E-state index in [1.54, 1.807) is 10.6 Å². The van der Waals surface area contributed by atoms with Crippen LogP contribution in [0.4, 0.5) is 0 Å². The number of carbonyl (C=O) groups excluding carboxylic acids is 1. The first kappa shape index (κ1) is 20.0. The molecule has 0 saturated carbocycles. The number of aromatic nitrogens is 2. The van der Waals surface area contributed by atoms with Gasteiger partial charge in [0.1, 0.15) is 0 Å². The molecule has 1 aromatic carbocycles. The number of thioether (sulfide) groups is 1. The second-order valence-corrected chi connectivity index (χ2v) is 6.79. The van der Waals surface area contributed by atoms with Crippen molar-refractivity contribution in [1.29, 1.82) is 0 Å². The summed E-state index contributed by atoms with van der Waals surface area (Å²) in [6.07, 6.45) is 5.15. The van der Waals surface area contributed by atoms with E-state index < -0.39 is 0 Å². The summed E-state index contributed by atoms with van der Waals surface area (Å²) in [5.74, 6) is 2.37. The minimum Gasteiger partial charge on any atom is -0.344 e. The summed E-state index contributed by atoms with van der Waals surface area (Å²) in [6.45, 7) is 7.87. The van der Waals surface area contributed by atoms with Crippen LogP contribution >= 0.6 is 11.8 Å². The van der Waals surface area contributed by atoms with Crippen LogP contribution in [0.5, 0.6) is 0 Å². The van der Waals surface area contributed by atoms with E-state index in [9.17, 15) is 9.59 Å². The lowest BCUT2D eigenvalue weighted by Gasteiger charge is -2.18. The normalized spacial score (nSPS) is 10.8. The highest BCUT2D eigenvalue weighted by atomic mass is 32.2. The number of amides is 1. The van der Waals surface area contributed by atoms with Crippen molar-refractivity contribution < 1.29 is 9.69 Å². The summed E-state index contributed by atoms with van der Waals surface area (Å²) in [6, 6.07) is 7.30. The van der Waals surface area contributed by atoms with Crippen LogP contribution in [0.25, 0.3) is 10.9 Å². The van der Waals surface area contributed by atoms with Gasteiger partial charge in [0.05, 0.1) is 49.4 Å². The number of fused-ring (bicyclic) bond motifs is 1. The van der Waals surface area contributed by atoms with Gasteiger partial charge in [-0.2, -0.15) is 0 Å². The van der Waals surface area contributed by atoms with Crippen LogP contribution in [0.3, 0.4) is 0 Å². The third-order valence-corrected chi connectivity index (χ3v) is 5.21. The van der Waals surface area contributed by atoms with Crippen LogP contribution in [0.2, 0.25) is 0 Å². The topological polar surface area (TPSA) is 68.4 Å². The summed E-state index contributed by atoms with van der Waals surface area (Å²) in [5, 5.41) is 3.79. The van der Waals surface area contributed by atoms with Gasteiger partial charge in [0.25, 0.3) is 5.56 Å². The Morgan fingerprint density at radius 1 is 1.35 bits per heavy atom. The van der Waals surface area contributed by atoms with Crippen LogP contribution in [0.1, 0.15) is 13.8 Å². The number of terminal acetylenes is 1. The molecule has 0 aliphatic rings. The van der Waals surface area contributed by atoms with Crippen molar-refractivity contribution in [3.05, 3.63) is 34.6 Å². The first-order valence-electron chi connectivity index (χ1n) is 8.76. The molecular formula is C19H25N4O2S+. The average Bonchev–Trinajstić information content (AvgIpc) is 2.67. The molecule has 138 valence electrons. The van der Waals surface area contributed by atoms with Gasteiger partial charge in [-0.1, -0.05) is 29.8 Å². The Balaban J connectivity index is 2.30. The SMILES string of the molecule is C#CCNC(=O)CSc1nc2ccccc2c(=O)n1CC[NH+](CC)CC. The Morgan fingerprint density at radius 3 is 2.77 bits per heavy atom. The van der Waals surface area contributed by atoms with E-state index in [1.165, 1.54) is 16.7 Å². The van der Waals surface area contributed by atoms with Crippen molar-refractivity contribution in [2.24, 2.45) is 0 Å². The van der Waals surface area contributed by atoms with Gasteiger partial charge in [-0.25, -0.2) is 4.98 Å². The Kier molecular flexibility index (Phi) is 7.70. The van der Waals surface area contributed by atoms with E-state index in [0.717, 1.165) is 19.6 Å². The third-order valence-electron chi connectivity index (χ3n) is 4.24. The molecule has 0 atom stereocenters. The van der Waals surface area contributed by atoms with Gasteiger partial charge in [0.15, 0.2) is 5.16 Å². The number of para-hydroxylation sites is 1. The van der Waals surface area contributed by atoms with Gasteiger partial charge >= 0.3 is 0 Å². The second kappa shape index (κ2) is 10.00. The van der Waals surface area contributed by atoms with Crippen molar-refractivity contribution in [3.63, 3.8) is 0 Å². The van der Waals surface area contributed by atoms with Gasteiger partial charge in [0.2, 0.25) is 5.91 Å². The predicted molar refractivity (Wildman–Crippen MR) is 105 cm³/mol. The zero-order chi connectivity index (χ0) is 18.9. The van der Waals surface area contributed by atoms with Gasteiger partial charge < -0.3 is 10.2 Å². The van der Waals surface area contributed by atoms with Gasteiger partial charge in [-0.05, 0) is 26.0 Å². The molecule has 7 heteroatoms. The number of hydrogen-bond donors (Lipinski definition) is 2. The lowest BCUT2D eigenvalue weighted by atomic mass is 10.2. The quantitative estimate of drug-likeness (QED) is 0.373. The van der Waals surface area contributed by atoms with Crippen molar-refractivity contribution >= 4 is 28.6 Å². The fourth-order valence-corrected chi connectivity index (χ4v) is 3.51. The van der Waals surface area contributed by atoms with Crippen molar-refractivity contribution in [2.45, 2.75) is 25.5 Å². The van der Waals surface area contributed by atoms with E-state index in [4.69, 9.17) is 6.42 Å². The van der Waals surface area contributed by atoms with Crippen molar-refractivity contribution in [3.8, 4) is 12.3 Å². The molecule has 26 heavy (non-hydrogen) atoms. The number of nitrogens with one attached hydrogen (secondary N) is 2. The minimum absolute atomic E-state index is 0.0614. The number of carbonyl (C=O) groups is 1. The highest BCUT2D eigenvalue weighted by Crippen LogP contribution is 2.17. The molecule has 6 nitrogen and oxygen atoms in total. The van der Waals surface area contributed by atoms with Gasteiger partial charge in [-0.3, -0.25) is 14.2 Å². The first-order chi connectivity index (χ1) is 12.6. The molecule has 2 N–H and O–H groups in total. The van der Waals surface area contributed by atoms with E-state index in [-0.39, 0.29) is 23.8 Å². The number of benzene rings is 1. The van der Waals surface area contributed by atoms with Gasteiger partial charge in [0, 0.05) is 0 Å². The largest absolute Gasteiger partial charge is 0.344 e. The fraction of sp³-hybridized carbons (Fsp3) is 0.421. The number of hydrogen-bond acceptors (Lipinski definition) is 4. The maximum Gasteiger partial charge on any atom is 0.262 e. The monoisotopic (exact) mass is 373 g/mol.